The van der Waals surface area contributed by atoms with Gasteiger partial charge in [-0.3, -0.25) is 0 Å². The van der Waals surface area contributed by atoms with Crippen LogP contribution in [0.15, 0.2) is 18.2 Å². The number of methoxy groups -OCH3 is 1. The largest absolute Gasteiger partial charge is 0.465 e. The van der Waals surface area contributed by atoms with Gasteiger partial charge in [0.15, 0.2) is 0 Å². The van der Waals surface area contributed by atoms with Gasteiger partial charge in [0.05, 0.1) is 24.3 Å². The van der Waals surface area contributed by atoms with Crippen LogP contribution in [0.25, 0.3) is 0 Å². The molecule has 0 spiro atoms. The minimum Gasteiger partial charge on any atom is -0.465 e. The van der Waals surface area contributed by atoms with Gasteiger partial charge in [-0.25, -0.2) is 4.79 Å². The van der Waals surface area contributed by atoms with Crippen molar-refractivity contribution in [2.24, 2.45) is 0 Å². The zero-order chi connectivity index (χ0) is 8.97. The molecular weight excluding hydrogens is 154 g/mol. The average Bonchev–Trinajstić information content (AvgIpc) is 2.17. The van der Waals surface area contributed by atoms with Crippen LogP contribution in [-0.4, -0.2) is 13.1 Å². The molecule has 0 unspecified atom stereocenters. The van der Waals surface area contributed by atoms with Gasteiger partial charge in [0.25, 0.3) is 0 Å². The monoisotopic (exact) mass is 160 g/mol. The summed E-state index contributed by atoms with van der Waals surface area (Å²) in [5.41, 5.74) is 0.700. The van der Waals surface area contributed by atoms with E-state index in [2.05, 4.69) is 10.8 Å². The molecular formula is C9H6NO2. The van der Waals surface area contributed by atoms with E-state index in [0.717, 1.165) is 0 Å². The fraction of sp³-hybridized carbons (Fsp3) is 0.111. The summed E-state index contributed by atoms with van der Waals surface area (Å²) in [6, 6.07) is 9.05. The van der Waals surface area contributed by atoms with Crippen molar-refractivity contribution < 1.29 is 9.53 Å². The highest BCUT2D eigenvalue weighted by atomic mass is 16.5. The summed E-state index contributed by atoms with van der Waals surface area (Å²) in [7, 11) is 1.30. The van der Waals surface area contributed by atoms with Crippen molar-refractivity contribution >= 4 is 5.97 Å². The first kappa shape index (κ1) is 8.28. The van der Waals surface area contributed by atoms with E-state index in [4.69, 9.17) is 5.26 Å². The third kappa shape index (κ3) is 1.61. The Bertz CT molecular complexity index is 339. The molecule has 3 heteroatoms. The molecule has 0 aliphatic rings. The number of rotatable bonds is 1. The van der Waals surface area contributed by atoms with Gasteiger partial charge < -0.3 is 4.74 Å². The van der Waals surface area contributed by atoms with E-state index in [1.165, 1.54) is 19.2 Å². The van der Waals surface area contributed by atoms with Crippen LogP contribution in [0.3, 0.4) is 0 Å². The number of esters is 1. The number of carbonyl (C=O) groups is 1. The van der Waals surface area contributed by atoms with E-state index < -0.39 is 5.97 Å². The molecule has 1 aromatic rings. The molecule has 0 amide bonds. The zero-order valence-corrected chi connectivity index (χ0v) is 6.50. The number of carbonyl (C=O) groups excluding carboxylic acids is 1. The fourth-order valence-electron chi connectivity index (χ4n) is 0.776. The van der Waals surface area contributed by atoms with Crippen LogP contribution in [0.4, 0.5) is 0 Å². The van der Waals surface area contributed by atoms with Crippen molar-refractivity contribution in [3.63, 3.8) is 0 Å². The van der Waals surface area contributed by atoms with Gasteiger partial charge in [0.2, 0.25) is 0 Å². The highest BCUT2D eigenvalue weighted by Gasteiger charge is 2.04. The predicted octanol–water partition coefficient (Wildman–Crippen LogP) is 1.15. The van der Waals surface area contributed by atoms with Gasteiger partial charge in [0.1, 0.15) is 0 Å². The predicted molar refractivity (Wildman–Crippen MR) is 41.3 cm³/mol. The van der Waals surface area contributed by atoms with Crippen LogP contribution >= 0.6 is 0 Å². The Balaban J connectivity index is 3.04. The van der Waals surface area contributed by atoms with E-state index in [9.17, 15) is 4.79 Å². The van der Waals surface area contributed by atoms with Crippen LogP contribution in [-0.2, 0) is 4.74 Å². The molecule has 59 valence electrons. The van der Waals surface area contributed by atoms with Crippen molar-refractivity contribution in [3.8, 4) is 6.07 Å². The molecule has 0 aliphatic carbocycles. The molecule has 0 N–H and O–H groups in total. The summed E-state index contributed by atoms with van der Waals surface area (Å²) in [5.74, 6) is -0.444. The molecule has 0 aromatic heterocycles. The second-order valence-corrected chi connectivity index (χ2v) is 2.09. The van der Waals surface area contributed by atoms with Gasteiger partial charge in [-0.2, -0.15) is 5.26 Å². The van der Waals surface area contributed by atoms with E-state index in [1.807, 2.05) is 6.07 Å². The first-order valence-corrected chi connectivity index (χ1v) is 3.28. The third-order valence-corrected chi connectivity index (χ3v) is 1.34. The molecule has 12 heavy (non-hydrogen) atoms. The van der Waals surface area contributed by atoms with Crippen molar-refractivity contribution in [2.75, 3.05) is 7.11 Å². The maximum absolute atomic E-state index is 10.9. The molecule has 1 radical (unpaired) electrons. The lowest BCUT2D eigenvalue weighted by Gasteiger charge is -1.97. The lowest BCUT2D eigenvalue weighted by molar-refractivity contribution is 0.0600. The topological polar surface area (TPSA) is 50.1 Å². The minimum atomic E-state index is -0.444. The number of hydrogen-bond acceptors (Lipinski definition) is 3. The number of benzene rings is 1. The lowest BCUT2D eigenvalue weighted by atomic mass is 10.1. The number of hydrogen-bond donors (Lipinski definition) is 0. The second-order valence-electron chi connectivity index (χ2n) is 2.09. The Kier molecular flexibility index (Phi) is 2.44. The standard InChI is InChI=1S/C9H6NO2/c1-12-9(11)8-4-2-3-7(5-8)6-10/h2,4-5H,1H3. The maximum Gasteiger partial charge on any atom is 0.337 e. The van der Waals surface area contributed by atoms with E-state index >= 15 is 0 Å². The Labute approximate surface area is 70.2 Å². The summed E-state index contributed by atoms with van der Waals surface area (Å²) in [6.07, 6.45) is 0. The van der Waals surface area contributed by atoms with E-state index in [0.29, 0.717) is 11.1 Å². The molecule has 0 heterocycles. The van der Waals surface area contributed by atoms with Gasteiger partial charge in [-0.05, 0) is 12.1 Å². The Hall–Kier alpha value is -1.82. The molecule has 0 fully saturated rings. The lowest BCUT2D eigenvalue weighted by Crippen LogP contribution is -2.00. The SMILES string of the molecule is COC(=O)c1cc[c]c(C#N)c1. The van der Waals surface area contributed by atoms with Crippen LogP contribution in [0.2, 0.25) is 0 Å². The molecule has 0 saturated carbocycles. The van der Waals surface area contributed by atoms with Crippen LogP contribution in [0.1, 0.15) is 15.9 Å². The van der Waals surface area contributed by atoms with Gasteiger partial charge in [0, 0.05) is 6.07 Å². The number of ether oxygens (including phenoxy) is 1. The van der Waals surface area contributed by atoms with Crippen molar-refractivity contribution in [1.29, 1.82) is 5.26 Å². The molecule has 3 nitrogen and oxygen atoms in total. The van der Waals surface area contributed by atoms with Crippen molar-refractivity contribution in [3.05, 3.63) is 35.4 Å². The molecule has 1 aromatic carbocycles. The maximum atomic E-state index is 10.9. The fourth-order valence-corrected chi connectivity index (χ4v) is 0.776. The van der Waals surface area contributed by atoms with Gasteiger partial charge in [-0.1, -0.05) is 6.07 Å². The highest BCUT2D eigenvalue weighted by molar-refractivity contribution is 5.89. The molecule has 0 saturated heterocycles. The summed E-state index contributed by atoms with van der Waals surface area (Å²) in [4.78, 5) is 10.9. The summed E-state index contributed by atoms with van der Waals surface area (Å²) in [5, 5.41) is 8.48. The average molecular weight is 160 g/mol. The highest BCUT2D eigenvalue weighted by Crippen LogP contribution is 2.04. The van der Waals surface area contributed by atoms with E-state index in [-0.39, 0.29) is 0 Å². The van der Waals surface area contributed by atoms with Gasteiger partial charge in [-0.15, -0.1) is 0 Å². The summed E-state index contributed by atoms with van der Waals surface area (Å²) < 4.78 is 4.47. The van der Waals surface area contributed by atoms with Crippen molar-refractivity contribution in [2.45, 2.75) is 0 Å². The third-order valence-electron chi connectivity index (χ3n) is 1.34. The summed E-state index contributed by atoms with van der Waals surface area (Å²) in [6.45, 7) is 0. The minimum absolute atomic E-state index is 0.331. The number of nitriles is 1. The Morgan fingerprint density at radius 2 is 2.50 bits per heavy atom. The molecule has 1 rings (SSSR count). The van der Waals surface area contributed by atoms with E-state index in [1.54, 1.807) is 6.07 Å². The first-order chi connectivity index (χ1) is 5.77. The smallest absolute Gasteiger partial charge is 0.337 e. The Morgan fingerprint density at radius 3 is 3.08 bits per heavy atom. The van der Waals surface area contributed by atoms with Crippen molar-refractivity contribution in [1.82, 2.24) is 0 Å². The summed E-state index contributed by atoms with van der Waals surface area (Å²) >= 11 is 0. The van der Waals surface area contributed by atoms with Crippen LogP contribution in [0.5, 0.6) is 0 Å². The van der Waals surface area contributed by atoms with Crippen LogP contribution < -0.4 is 0 Å². The molecule has 0 atom stereocenters. The quantitative estimate of drug-likeness (QED) is 0.579. The zero-order valence-electron chi connectivity index (χ0n) is 6.50. The Morgan fingerprint density at radius 1 is 1.75 bits per heavy atom. The molecule has 0 aliphatic heterocycles. The van der Waals surface area contributed by atoms with Crippen LogP contribution in [0, 0.1) is 17.4 Å². The number of nitrogens with zero attached hydrogens (tertiary/aromatic N) is 1. The second kappa shape index (κ2) is 3.54. The molecule has 0 bridgehead atoms. The normalized spacial score (nSPS) is 8.67. The van der Waals surface area contributed by atoms with Gasteiger partial charge >= 0.3 is 5.97 Å². The first-order valence-electron chi connectivity index (χ1n) is 3.28.